The smallest absolute Gasteiger partial charge is 0.193 e. The van der Waals surface area contributed by atoms with Crippen LogP contribution in [0, 0.1) is 0 Å². The zero-order chi connectivity index (χ0) is 16.5. The first kappa shape index (κ1) is 23.9. The molecule has 132 valence electrons. The summed E-state index contributed by atoms with van der Waals surface area (Å²) in [5.74, 6) is 0.831. The molecule has 0 saturated carbocycles. The Bertz CT molecular complexity index is 442. The molecule has 0 rings (SSSR count). The molecule has 22 heavy (non-hydrogen) atoms. The number of unbranched alkanes of at least 4 members (excludes halogenated alkanes) is 1. The Morgan fingerprint density at radius 3 is 2.41 bits per heavy atom. The third-order valence-electron chi connectivity index (χ3n) is 3.15. The van der Waals surface area contributed by atoms with Crippen molar-refractivity contribution >= 4 is 39.8 Å². The largest absolute Gasteiger partial charge is 0.357 e. The summed E-state index contributed by atoms with van der Waals surface area (Å²) >= 11 is 0. The first-order valence-corrected chi connectivity index (χ1v) is 9.13. The quantitative estimate of drug-likeness (QED) is 0.205. The van der Waals surface area contributed by atoms with E-state index < -0.39 is 14.6 Å². The minimum Gasteiger partial charge on any atom is -0.357 e. The summed E-state index contributed by atoms with van der Waals surface area (Å²) in [6.07, 6.45) is 3.86. The monoisotopic (exact) mass is 445 g/mol. The van der Waals surface area contributed by atoms with Crippen molar-refractivity contribution in [1.29, 1.82) is 0 Å². The van der Waals surface area contributed by atoms with Gasteiger partial charge in [0.05, 0.1) is 17.0 Å². The van der Waals surface area contributed by atoms with Crippen LogP contribution in [0.5, 0.6) is 0 Å². The SMILES string of the molecule is C=CCCCN(C)C(=NCCS(=O)(=O)C(C)(C)C)NCC.I. The number of aliphatic imine (C=N–C) groups is 1. The second-order valence-electron chi connectivity index (χ2n) is 6.02. The lowest BCUT2D eigenvalue weighted by atomic mass is 10.3. The van der Waals surface area contributed by atoms with Gasteiger partial charge in [-0.2, -0.15) is 0 Å². The second kappa shape index (κ2) is 11.3. The molecule has 0 fully saturated rings. The molecule has 7 heteroatoms. The molecule has 0 aliphatic rings. The zero-order valence-corrected chi connectivity index (χ0v) is 17.7. The first-order chi connectivity index (χ1) is 9.65. The minimum absolute atomic E-state index is 0. The fourth-order valence-electron chi connectivity index (χ4n) is 1.63. The number of hydrogen-bond acceptors (Lipinski definition) is 3. The predicted octanol–water partition coefficient (Wildman–Crippen LogP) is 2.68. The third-order valence-corrected chi connectivity index (χ3v) is 5.74. The van der Waals surface area contributed by atoms with Gasteiger partial charge in [0, 0.05) is 20.1 Å². The van der Waals surface area contributed by atoms with Crippen molar-refractivity contribution < 1.29 is 8.42 Å². The Kier molecular flexibility index (Phi) is 12.3. The molecule has 0 aliphatic carbocycles. The summed E-state index contributed by atoms with van der Waals surface area (Å²) in [6, 6.07) is 0. The Balaban J connectivity index is 0. The van der Waals surface area contributed by atoms with Crippen LogP contribution in [0.25, 0.3) is 0 Å². The van der Waals surface area contributed by atoms with Gasteiger partial charge < -0.3 is 10.2 Å². The molecule has 0 amide bonds. The molecule has 1 N–H and O–H groups in total. The molecule has 0 saturated heterocycles. The average Bonchev–Trinajstić information content (AvgIpc) is 2.36. The van der Waals surface area contributed by atoms with Gasteiger partial charge in [0.1, 0.15) is 0 Å². The average molecular weight is 445 g/mol. The summed E-state index contributed by atoms with van der Waals surface area (Å²) in [4.78, 5) is 6.44. The van der Waals surface area contributed by atoms with Crippen molar-refractivity contribution in [2.75, 3.05) is 32.4 Å². The van der Waals surface area contributed by atoms with E-state index in [0.29, 0.717) is 0 Å². The van der Waals surface area contributed by atoms with Gasteiger partial charge in [0.2, 0.25) is 0 Å². The van der Waals surface area contributed by atoms with Crippen molar-refractivity contribution in [2.24, 2.45) is 4.99 Å². The Labute approximate surface area is 153 Å². The molecule has 0 aromatic carbocycles. The lowest BCUT2D eigenvalue weighted by Crippen LogP contribution is -2.40. The number of halogens is 1. The zero-order valence-electron chi connectivity index (χ0n) is 14.6. The van der Waals surface area contributed by atoms with Crippen molar-refractivity contribution in [3.8, 4) is 0 Å². The molecule has 0 radical (unpaired) electrons. The lowest BCUT2D eigenvalue weighted by Gasteiger charge is -2.22. The number of rotatable bonds is 8. The third kappa shape index (κ3) is 8.97. The van der Waals surface area contributed by atoms with Crippen LogP contribution >= 0.6 is 24.0 Å². The van der Waals surface area contributed by atoms with E-state index in [1.165, 1.54) is 0 Å². The van der Waals surface area contributed by atoms with E-state index in [4.69, 9.17) is 0 Å². The van der Waals surface area contributed by atoms with E-state index in [1.807, 2.05) is 24.9 Å². The van der Waals surface area contributed by atoms with Crippen LogP contribution in [0.1, 0.15) is 40.5 Å². The molecule has 0 unspecified atom stereocenters. The maximum absolute atomic E-state index is 12.1. The fraction of sp³-hybridized carbons (Fsp3) is 0.800. The summed E-state index contributed by atoms with van der Waals surface area (Å²) in [6.45, 7) is 12.8. The molecule has 0 atom stereocenters. The number of hydrogen-bond donors (Lipinski definition) is 1. The number of nitrogens with zero attached hydrogens (tertiary/aromatic N) is 2. The highest BCUT2D eigenvalue weighted by atomic mass is 127. The van der Waals surface area contributed by atoms with E-state index in [-0.39, 0.29) is 36.3 Å². The van der Waals surface area contributed by atoms with Crippen molar-refractivity contribution in [2.45, 2.75) is 45.3 Å². The van der Waals surface area contributed by atoms with Crippen LogP contribution in [-0.2, 0) is 9.84 Å². The Morgan fingerprint density at radius 1 is 1.36 bits per heavy atom. The molecule has 0 aromatic heterocycles. The predicted molar refractivity (Wildman–Crippen MR) is 107 cm³/mol. The summed E-state index contributed by atoms with van der Waals surface area (Å²) in [5, 5.41) is 3.19. The fourth-order valence-corrected chi connectivity index (χ4v) is 2.57. The lowest BCUT2D eigenvalue weighted by molar-refractivity contribution is 0.470. The highest BCUT2D eigenvalue weighted by Crippen LogP contribution is 2.15. The van der Waals surface area contributed by atoms with E-state index in [2.05, 4.69) is 16.9 Å². The number of allylic oxidation sites excluding steroid dienone is 1. The van der Waals surface area contributed by atoms with Crippen LogP contribution < -0.4 is 5.32 Å². The number of nitrogens with one attached hydrogen (secondary N) is 1. The van der Waals surface area contributed by atoms with Crippen molar-refractivity contribution in [3.05, 3.63) is 12.7 Å². The Hall–Kier alpha value is -0.310. The number of sulfone groups is 1. The highest BCUT2D eigenvalue weighted by Gasteiger charge is 2.28. The molecule has 0 aliphatic heterocycles. The molecular weight excluding hydrogens is 413 g/mol. The van der Waals surface area contributed by atoms with Crippen molar-refractivity contribution in [1.82, 2.24) is 10.2 Å². The van der Waals surface area contributed by atoms with Gasteiger partial charge in [0.25, 0.3) is 0 Å². The van der Waals surface area contributed by atoms with Crippen LogP contribution in [0.2, 0.25) is 0 Å². The summed E-state index contributed by atoms with van der Waals surface area (Å²) in [5.41, 5.74) is 0. The summed E-state index contributed by atoms with van der Waals surface area (Å²) in [7, 11) is -1.16. The molecule has 5 nitrogen and oxygen atoms in total. The van der Waals surface area contributed by atoms with Crippen molar-refractivity contribution in [3.63, 3.8) is 0 Å². The topological polar surface area (TPSA) is 61.8 Å². The molecular formula is C15H32IN3O2S. The standard InChI is InChI=1S/C15H31N3O2S.HI/c1-7-9-10-12-18(6)14(16-8-2)17-11-13-21(19,20)15(3,4)5;/h7H,1,8-13H2,2-6H3,(H,16,17);1H. The first-order valence-electron chi connectivity index (χ1n) is 7.48. The molecule has 0 bridgehead atoms. The van der Waals surface area contributed by atoms with Crippen LogP contribution in [0.4, 0.5) is 0 Å². The van der Waals surface area contributed by atoms with Gasteiger partial charge in [-0.15, -0.1) is 30.6 Å². The molecule has 0 heterocycles. The van der Waals surface area contributed by atoms with E-state index in [9.17, 15) is 8.42 Å². The van der Waals surface area contributed by atoms with Gasteiger partial charge in [-0.3, -0.25) is 4.99 Å². The van der Waals surface area contributed by atoms with Crippen LogP contribution in [-0.4, -0.2) is 56.5 Å². The van der Waals surface area contributed by atoms with Gasteiger partial charge in [-0.25, -0.2) is 8.42 Å². The van der Waals surface area contributed by atoms with Crippen LogP contribution in [0.3, 0.4) is 0 Å². The summed E-state index contributed by atoms with van der Waals surface area (Å²) < 4.78 is 23.4. The van der Waals surface area contributed by atoms with Crippen LogP contribution in [0.15, 0.2) is 17.6 Å². The van der Waals surface area contributed by atoms with Gasteiger partial charge in [-0.05, 0) is 40.5 Å². The van der Waals surface area contributed by atoms with Gasteiger partial charge in [0.15, 0.2) is 15.8 Å². The van der Waals surface area contributed by atoms with Gasteiger partial charge >= 0.3 is 0 Å². The Morgan fingerprint density at radius 2 is 1.95 bits per heavy atom. The van der Waals surface area contributed by atoms with E-state index in [1.54, 1.807) is 20.8 Å². The maximum atomic E-state index is 12.1. The molecule has 0 aromatic rings. The normalized spacial score (nSPS) is 12.5. The minimum atomic E-state index is -3.12. The maximum Gasteiger partial charge on any atom is 0.193 e. The second-order valence-corrected chi connectivity index (χ2v) is 8.88. The molecule has 0 spiro atoms. The van der Waals surface area contributed by atoms with E-state index >= 15 is 0 Å². The van der Waals surface area contributed by atoms with E-state index in [0.717, 1.165) is 31.9 Å². The van der Waals surface area contributed by atoms with Gasteiger partial charge in [-0.1, -0.05) is 6.08 Å². The number of guanidine groups is 1. The highest BCUT2D eigenvalue weighted by molar-refractivity contribution is 14.0.